The highest BCUT2D eigenvalue weighted by Gasteiger charge is 2.19. The molecule has 0 bridgehead atoms. The molecule has 0 aliphatic heterocycles. The highest BCUT2D eigenvalue weighted by atomic mass is 32.1. The largest absolute Gasteiger partial charge is 0.478 e. The number of halogens is 1. The summed E-state index contributed by atoms with van der Waals surface area (Å²) in [5.41, 5.74) is 1.11. The molecule has 1 atom stereocenters. The second-order valence-corrected chi connectivity index (χ2v) is 8.57. The highest BCUT2D eigenvalue weighted by molar-refractivity contribution is 7.80. The Labute approximate surface area is 188 Å². The number of nitrogens with one attached hydrogen (secondary N) is 1. The molecule has 6 nitrogen and oxygen atoms in total. The molecule has 1 aromatic carbocycles. The second-order valence-electron chi connectivity index (χ2n) is 8.20. The molecule has 0 aliphatic carbocycles. The Morgan fingerprint density at radius 3 is 2.65 bits per heavy atom. The molecule has 0 fully saturated rings. The van der Waals surface area contributed by atoms with E-state index in [-0.39, 0.29) is 17.4 Å². The number of hydrogen-bond donors (Lipinski definition) is 3. The van der Waals surface area contributed by atoms with Gasteiger partial charge in [-0.1, -0.05) is 33.3 Å². The van der Waals surface area contributed by atoms with Crippen molar-refractivity contribution in [3.8, 4) is 0 Å². The van der Waals surface area contributed by atoms with E-state index in [0.29, 0.717) is 30.3 Å². The lowest BCUT2D eigenvalue weighted by molar-refractivity contribution is -0.124. The third-order valence-electron chi connectivity index (χ3n) is 5.17. The minimum absolute atomic E-state index is 0.0385. The summed E-state index contributed by atoms with van der Waals surface area (Å²) in [5, 5.41) is 12.0. The fourth-order valence-electron chi connectivity index (χ4n) is 3.49. The molecule has 1 amide bonds. The van der Waals surface area contributed by atoms with Crippen LogP contribution in [0.1, 0.15) is 67.5 Å². The van der Waals surface area contributed by atoms with Crippen molar-refractivity contribution in [1.29, 1.82) is 0 Å². The third-order valence-corrected chi connectivity index (χ3v) is 5.61. The highest BCUT2D eigenvalue weighted by Crippen LogP contribution is 2.17. The van der Waals surface area contributed by atoms with Crippen LogP contribution in [-0.4, -0.2) is 32.3 Å². The minimum Gasteiger partial charge on any atom is -0.478 e. The van der Waals surface area contributed by atoms with Gasteiger partial charge in [-0.25, -0.2) is 14.2 Å². The van der Waals surface area contributed by atoms with Crippen LogP contribution in [0.3, 0.4) is 0 Å². The summed E-state index contributed by atoms with van der Waals surface area (Å²) in [7, 11) is 0. The van der Waals surface area contributed by atoms with E-state index >= 15 is 0 Å². The predicted octanol–water partition coefficient (Wildman–Crippen LogP) is 4.32. The summed E-state index contributed by atoms with van der Waals surface area (Å²) in [6, 6.07) is 4.13. The molecule has 0 spiro atoms. The van der Waals surface area contributed by atoms with Gasteiger partial charge in [-0.05, 0) is 36.5 Å². The number of rotatable bonds is 12. The average molecular weight is 450 g/mol. The minimum atomic E-state index is -1.29. The van der Waals surface area contributed by atoms with Gasteiger partial charge in [0.15, 0.2) is 0 Å². The maximum atomic E-state index is 14.1. The van der Waals surface area contributed by atoms with Crippen LogP contribution < -0.4 is 5.32 Å². The number of amides is 1. The number of benzene rings is 1. The Balaban J connectivity index is 2.21. The number of unbranched alkanes of at least 4 members (excludes halogenated alkanes) is 1. The number of carbonyl (C=O) groups is 2. The zero-order valence-corrected chi connectivity index (χ0v) is 19.3. The Morgan fingerprint density at radius 2 is 2.06 bits per heavy atom. The number of carbonyl (C=O) groups excluding carboxylic acids is 1. The number of hydrogen-bond acceptors (Lipinski definition) is 4. The van der Waals surface area contributed by atoms with Gasteiger partial charge in [0.1, 0.15) is 11.6 Å². The normalized spacial score (nSPS) is 12.2. The topological polar surface area (TPSA) is 84.2 Å². The first-order valence-electron chi connectivity index (χ1n) is 10.7. The zero-order chi connectivity index (χ0) is 23.0. The summed E-state index contributed by atoms with van der Waals surface area (Å²) in [6.07, 6.45) is 5.26. The van der Waals surface area contributed by atoms with E-state index in [2.05, 4.69) is 43.7 Å². The van der Waals surface area contributed by atoms with E-state index in [1.165, 1.54) is 12.1 Å². The smallest absolute Gasteiger partial charge is 0.338 e. The molecule has 2 rings (SSSR count). The van der Waals surface area contributed by atoms with Crippen LogP contribution in [0.25, 0.3) is 0 Å². The molecule has 1 heterocycles. The van der Waals surface area contributed by atoms with Crippen LogP contribution in [0.15, 0.2) is 24.4 Å². The fourth-order valence-corrected chi connectivity index (χ4v) is 3.81. The number of carboxylic acid groups (broad SMARTS) is 1. The lowest BCUT2D eigenvalue weighted by atomic mass is 9.98. The molecule has 8 heteroatoms. The number of nitrogens with zero attached hydrogens (tertiary/aromatic N) is 2. The SMILES string of the molecule is CCCCc1ncc(CNC(=O)[C@H](CS)CC(C)C)n1Cc1ccc(C(=O)O)c(F)c1. The maximum Gasteiger partial charge on any atom is 0.338 e. The van der Waals surface area contributed by atoms with Crippen molar-refractivity contribution in [3.05, 3.63) is 52.9 Å². The van der Waals surface area contributed by atoms with Gasteiger partial charge in [-0.3, -0.25) is 4.79 Å². The number of carboxylic acids is 1. The van der Waals surface area contributed by atoms with Gasteiger partial charge < -0.3 is 15.0 Å². The van der Waals surface area contributed by atoms with Crippen molar-refractivity contribution in [3.63, 3.8) is 0 Å². The van der Waals surface area contributed by atoms with Gasteiger partial charge in [0.2, 0.25) is 5.91 Å². The fraction of sp³-hybridized carbons (Fsp3) is 0.522. The van der Waals surface area contributed by atoms with Gasteiger partial charge in [0, 0.05) is 24.6 Å². The van der Waals surface area contributed by atoms with Crippen molar-refractivity contribution in [2.45, 2.75) is 59.5 Å². The first-order valence-corrected chi connectivity index (χ1v) is 11.3. The molecule has 170 valence electrons. The van der Waals surface area contributed by atoms with Crippen LogP contribution in [0.2, 0.25) is 0 Å². The molecule has 2 N–H and O–H groups in total. The quantitative estimate of drug-likeness (QED) is 0.422. The first kappa shape index (κ1) is 24.9. The molecule has 0 aliphatic rings. The van der Waals surface area contributed by atoms with Gasteiger partial charge in [-0.15, -0.1) is 0 Å². The summed E-state index contributed by atoms with van der Waals surface area (Å²) >= 11 is 4.32. The molecule has 2 aromatic rings. The molecular formula is C23H32FN3O3S. The Kier molecular flexibility index (Phi) is 9.55. The lowest BCUT2D eigenvalue weighted by Gasteiger charge is -2.18. The predicted molar refractivity (Wildman–Crippen MR) is 122 cm³/mol. The van der Waals surface area contributed by atoms with Crippen molar-refractivity contribution in [2.75, 3.05) is 5.75 Å². The number of aryl methyl sites for hydroxylation is 1. The van der Waals surface area contributed by atoms with Crippen LogP contribution in [0.4, 0.5) is 4.39 Å². The van der Waals surface area contributed by atoms with E-state index in [1.54, 1.807) is 12.3 Å². The maximum absolute atomic E-state index is 14.1. The molecule has 31 heavy (non-hydrogen) atoms. The molecule has 0 saturated heterocycles. The molecule has 1 aromatic heterocycles. The molecular weight excluding hydrogens is 417 g/mol. The standard InChI is InChI=1S/C23H32FN3O3S/c1-4-5-6-21-25-11-18(12-26-22(28)17(14-31)9-15(2)3)27(21)13-16-7-8-19(23(29)30)20(24)10-16/h7-8,10-11,15,17,31H,4-6,9,12-14H2,1-3H3,(H,26,28)(H,29,30)/t17-/m0/s1. The van der Waals surface area contributed by atoms with Gasteiger partial charge >= 0.3 is 5.97 Å². The number of aromatic carboxylic acids is 1. The van der Waals surface area contributed by atoms with Crippen molar-refractivity contribution in [1.82, 2.24) is 14.9 Å². The second kappa shape index (κ2) is 11.9. The summed E-state index contributed by atoms with van der Waals surface area (Å²) in [4.78, 5) is 28.2. The van der Waals surface area contributed by atoms with E-state index < -0.39 is 11.8 Å². The molecule has 0 radical (unpaired) electrons. The first-order chi connectivity index (χ1) is 14.8. The lowest BCUT2D eigenvalue weighted by Crippen LogP contribution is -2.32. The number of imidazole rings is 1. The molecule has 0 saturated carbocycles. The monoisotopic (exact) mass is 449 g/mol. The number of aromatic nitrogens is 2. The van der Waals surface area contributed by atoms with Crippen molar-refractivity contribution < 1.29 is 19.1 Å². The van der Waals surface area contributed by atoms with Crippen LogP contribution in [-0.2, 0) is 24.3 Å². The third kappa shape index (κ3) is 7.09. The van der Waals surface area contributed by atoms with Crippen molar-refractivity contribution >= 4 is 24.5 Å². The van der Waals surface area contributed by atoms with E-state index in [9.17, 15) is 14.0 Å². The summed E-state index contributed by atoms with van der Waals surface area (Å²) in [5.74, 6) is -0.501. The zero-order valence-electron chi connectivity index (χ0n) is 18.4. The summed E-state index contributed by atoms with van der Waals surface area (Å²) < 4.78 is 16.1. The van der Waals surface area contributed by atoms with Crippen LogP contribution >= 0.6 is 12.6 Å². The van der Waals surface area contributed by atoms with Crippen LogP contribution in [0, 0.1) is 17.7 Å². The van der Waals surface area contributed by atoms with Gasteiger partial charge in [-0.2, -0.15) is 12.6 Å². The van der Waals surface area contributed by atoms with Crippen LogP contribution in [0.5, 0.6) is 0 Å². The average Bonchev–Trinajstić information content (AvgIpc) is 3.09. The van der Waals surface area contributed by atoms with E-state index in [1.807, 2.05) is 4.57 Å². The number of thiol groups is 1. The van der Waals surface area contributed by atoms with E-state index in [4.69, 9.17) is 5.11 Å². The van der Waals surface area contributed by atoms with Crippen molar-refractivity contribution in [2.24, 2.45) is 11.8 Å². The Morgan fingerprint density at radius 1 is 1.32 bits per heavy atom. The Bertz CT molecular complexity index is 898. The Hall–Kier alpha value is -2.35. The summed E-state index contributed by atoms with van der Waals surface area (Å²) in [6.45, 7) is 6.92. The van der Waals surface area contributed by atoms with Gasteiger partial charge in [0.25, 0.3) is 0 Å². The van der Waals surface area contributed by atoms with Gasteiger partial charge in [0.05, 0.1) is 24.0 Å². The molecule has 0 unspecified atom stereocenters. The van der Waals surface area contributed by atoms with E-state index in [0.717, 1.165) is 37.2 Å².